The summed E-state index contributed by atoms with van der Waals surface area (Å²) in [5.74, 6) is 1.72. The summed E-state index contributed by atoms with van der Waals surface area (Å²) in [4.78, 5) is 15.0. The van der Waals surface area contributed by atoms with Gasteiger partial charge >= 0.3 is 0 Å². The van der Waals surface area contributed by atoms with Gasteiger partial charge in [0.05, 0.1) is 7.11 Å². The van der Waals surface area contributed by atoms with Crippen molar-refractivity contribution < 1.29 is 9.53 Å². The molecule has 1 aromatic carbocycles. The summed E-state index contributed by atoms with van der Waals surface area (Å²) < 4.78 is 5.42. The summed E-state index contributed by atoms with van der Waals surface area (Å²) >= 11 is 0. The maximum absolute atomic E-state index is 13.0. The predicted octanol–water partition coefficient (Wildman–Crippen LogP) is 3.93. The van der Waals surface area contributed by atoms with Crippen LogP contribution in [-0.4, -0.2) is 31.0 Å². The number of hydrogen-bond acceptors (Lipinski definition) is 2. The van der Waals surface area contributed by atoms with E-state index in [0.29, 0.717) is 5.92 Å². The van der Waals surface area contributed by atoms with Gasteiger partial charge in [0.1, 0.15) is 5.75 Å². The van der Waals surface area contributed by atoms with Gasteiger partial charge in [0.25, 0.3) is 0 Å². The predicted molar refractivity (Wildman–Crippen MR) is 92.6 cm³/mol. The Bertz CT molecular complexity index is 622. The van der Waals surface area contributed by atoms with Crippen LogP contribution in [0.5, 0.6) is 5.75 Å². The van der Waals surface area contributed by atoms with E-state index in [1.54, 1.807) is 7.11 Å². The molecule has 0 spiro atoms. The zero-order valence-corrected chi connectivity index (χ0v) is 14.5. The molecule has 1 aromatic rings. The lowest BCUT2D eigenvalue weighted by molar-refractivity contribution is -0.130. The van der Waals surface area contributed by atoms with Crippen molar-refractivity contribution in [1.29, 1.82) is 0 Å². The number of nitrogens with zero attached hydrogens (tertiary/aromatic N) is 1. The quantitative estimate of drug-likeness (QED) is 0.843. The fourth-order valence-electron chi connectivity index (χ4n) is 4.25. The maximum Gasteiger partial charge on any atom is 0.250 e. The van der Waals surface area contributed by atoms with Crippen molar-refractivity contribution in [2.75, 3.05) is 20.2 Å². The molecule has 0 saturated carbocycles. The summed E-state index contributed by atoms with van der Waals surface area (Å²) in [6.45, 7) is 6.14. The van der Waals surface area contributed by atoms with E-state index < -0.39 is 0 Å². The molecule has 3 nitrogen and oxygen atoms in total. The number of ether oxygens (including phenoxy) is 1. The van der Waals surface area contributed by atoms with Crippen molar-refractivity contribution in [3.63, 3.8) is 0 Å². The molecule has 2 aliphatic rings. The first-order valence-electron chi connectivity index (χ1n) is 8.75. The van der Waals surface area contributed by atoms with Gasteiger partial charge in [-0.2, -0.15) is 0 Å². The van der Waals surface area contributed by atoms with E-state index >= 15 is 0 Å². The van der Waals surface area contributed by atoms with Crippen molar-refractivity contribution in [2.24, 2.45) is 5.92 Å². The molecule has 3 heteroatoms. The highest BCUT2D eigenvalue weighted by molar-refractivity contribution is 5.97. The highest BCUT2D eigenvalue weighted by atomic mass is 16.5. The molecule has 23 heavy (non-hydrogen) atoms. The summed E-state index contributed by atoms with van der Waals surface area (Å²) in [5.41, 5.74) is 2.12. The minimum absolute atomic E-state index is 0.131. The average Bonchev–Trinajstić information content (AvgIpc) is 2.57. The highest BCUT2D eigenvalue weighted by Crippen LogP contribution is 2.48. The van der Waals surface area contributed by atoms with E-state index in [1.807, 2.05) is 17.0 Å². The van der Waals surface area contributed by atoms with E-state index in [9.17, 15) is 4.79 Å². The van der Waals surface area contributed by atoms with Crippen LogP contribution < -0.4 is 4.74 Å². The van der Waals surface area contributed by atoms with Crippen LogP contribution >= 0.6 is 0 Å². The first kappa shape index (κ1) is 16.1. The third kappa shape index (κ3) is 2.77. The van der Waals surface area contributed by atoms with Crippen LogP contribution in [0.1, 0.15) is 45.1 Å². The number of carbonyl (C=O) groups excluding carboxylic acids is 1. The minimum Gasteiger partial charge on any atom is -0.497 e. The second-order valence-corrected chi connectivity index (χ2v) is 7.02. The van der Waals surface area contributed by atoms with Crippen molar-refractivity contribution >= 4 is 5.91 Å². The van der Waals surface area contributed by atoms with E-state index in [0.717, 1.165) is 50.1 Å². The van der Waals surface area contributed by atoms with Gasteiger partial charge in [-0.1, -0.05) is 32.1 Å². The monoisotopic (exact) mass is 313 g/mol. The number of amides is 1. The van der Waals surface area contributed by atoms with Crippen LogP contribution in [0.15, 0.2) is 35.9 Å². The molecule has 3 rings (SSSR count). The molecule has 0 unspecified atom stereocenters. The largest absolute Gasteiger partial charge is 0.497 e. The average molecular weight is 313 g/mol. The molecule has 1 aliphatic carbocycles. The van der Waals surface area contributed by atoms with E-state index in [4.69, 9.17) is 4.74 Å². The van der Waals surface area contributed by atoms with Gasteiger partial charge in [-0.25, -0.2) is 0 Å². The van der Waals surface area contributed by atoms with Gasteiger partial charge in [0.2, 0.25) is 5.91 Å². The summed E-state index contributed by atoms with van der Waals surface area (Å²) in [7, 11) is 1.70. The van der Waals surface area contributed by atoms with E-state index in [-0.39, 0.29) is 11.3 Å². The Morgan fingerprint density at radius 3 is 2.96 bits per heavy atom. The molecule has 2 atom stereocenters. The van der Waals surface area contributed by atoms with Crippen LogP contribution in [0, 0.1) is 5.92 Å². The first-order chi connectivity index (χ1) is 11.1. The molecule has 0 radical (unpaired) electrons. The number of rotatable bonds is 4. The van der Waals surface area contributed by atoms with E-state index in [1.165, 1.54) is 5.56 Å². The zero-order valence-electron chi connectivity index (χ0n) is 14.5. The van der Waals surface area contributed by atoms with Crippen molar-refractivity contribution in [3.8, 4) is 5.75 Å². The summed E-state index contributed by atoms with van der Waals surface area (Å²) in [5, 5.41) is 0. The van der Waals surface area contributed by atoms with Gasteiger partial charge in [-0.3, -0.25) is 4.79 Å². The number of piperidine rings is 1. The normalized spacial score (nSPS) is 27.4. The topological polar surface area (TPSA) is 29.5 Å². The van der Waals surface area contributed by atoms with Gasteiger partial charge in [0, 0.05) is 24.1 Å². The van der Waals surface area contributed by atoms with Crippen molar-refractivity contribution in [1.82, 2.24) is 4.90 Å². The Hall–Kier alpha value is -1.77. The number of carbonyl (C=O) groups is 1. The molecule has 1 fully saturated rings. The van der Waals surface area contributed by atoms with E-state index in [2.05, 4.69) is 32.1 Å². The standard InChI is InChI=1S/C20H27NO2/c1-4-11-21-12-10-20(16-6-5-7-17(13-16)23-3)14-15(2)8-9-18(20)19(21)22/h5-7,9,13,15H,4,8,10-12,14H2,1-3H3/t15-,20+/m0/s1. The third-order valence-corrected chi connectivity index (χ3v) is 5.38. The Balaban J connectivity index is 2.04. The number of benzene rings is 1. The fourth-order valence-corrected chi connectivity index (χ4v) is 4.25. The Labute approximate surface area is 139 Å². The lowest BCUT2D eigenvalue weighted by atomic mass is 9.61. The molecule has 0 aromatic heterocycles. The van der Waals surface area contributed by atoms with Crippen LogP contribution in [0.2, 0.25) is 0 Å². The van der Waals surface area contributed by atoms with Gasteiger partial charge in [0.15, 0.2) is 0 Å². The lowest BCUT2D eigenvalue weighted by Gasteiger charge is -2.47. The molecule has 0 bridgehead atoms. The lowest BCUT2D eigenvalue weighted by Crippen LogP contribution is -2.50. The molecule has 1 aliphatic heterocycles. The number of allylic oxidation sites excluding steroid dienone is 1. The molecule has 1 heterocycles. The molecular formula is C20H27NO2. The minimum atomic E-state index is -0.131. The molecular weight excluding hydrogens is 286 g/mol. The van der Waals surface area contributed by atoms with Crippen LogP contribution in [0.4, 0.5) is 0 Å². The molecule has 1 amide bonds. The Morgan fingerprint density at radius 2 is 2.22 bits per heavy atom. The number of methoxy groups -OCH3 is 1. The van der Waals surface area contributed by atoms with Crippen LogP contribution in [0.3, 0.4) is 0 Å². The fraction of sp³-hybridized carbons (Fsp3) is 0.550. The maximum atomic E-state index is 13.0. The number of likely N-dealkylation sites (tertiary alicyclic amines) is 1. The number of hydrogen-bond donors (Lipinski definition) is 0. The highest BCUT2D eigenvalue weighted by Gasteiger charge is 2.47. The van der Waals surface area contributed by atoms with Crippen molar-refractivity contribution in [3.05, 3.63) is 41.5 Å². The molecule has 1 saturated heterocycles. The van der Waals surface area contributed by atoms with Crippen molar-refractivity contribution in [2.45, 2.75) is 44.9 Å². The SMILES string of the molecule is CCCN1CC[C@]2(c3cccc(OC)c3)C[C@@H](C)CC=C2C1=O. The van der Waals surface area contributed by atoms with Gasteiger partial charge < -0.3 is 9.64 Å². The molecule has 124 valence electrons. The smallest absolute Gasteiger partial charge is 0.250 e. The second kappa shape index (κ2) is 6.38. The van der Waals surface area contributed by atoms with Crippen LogP contribution in [-0.2, 0) is 10.2 Å². The van der Waals surface area contributed by atoms with Gasteiger partial charge in [-0.05, 0) is 49.3 Å². The summed E-state index contributed by atoms with van der Waals surface area (Å²) in [6, 6.07) is 8.30. The Morgan fingerprint density at radius 1 is 1.39 bits per heavy atom. The summed E-state index contributed by atoms with van der Waals surface area (Å²) in [6.07, 6.45) is 6.30. The van der Waals surface area contributed by atoms with Crippen LogP contribution in [0.25, 0.3) is 0 Å². The third-order valence-electron chi connectivity index (χ3n) is 5.38. The second-order valence-electron chi connectivity index (χ2n) is 7.02. The Kier molecular flexibility index (Phi) is 4.47. The number of fused-ring (bicyclic) bond motifs is 1. The zero-order chi connectivity index (χ0) is 16.4. The first-order valence-corrected chi connectivity index (χ1v) is 8.75. The van der Waals surface area contributed by atoms with Gasteiger partial charge in [-0.15, -0.1) is 0 Å². The molecule has 0 N–H and O–H groups in total.